The van der Waals surface area contributed by atoms with Crippen LogP contribution in [0.4, 0.5) is 0 Å². The van der Waals surface area contributed by atoms with Gasteiger partial charge in [0.25, 0.3) is 0 Å². The van der Waals surface area contributed by atoms with Gasteiger partial charge in [0.05, 0.1) is 6.20 Å². The Hall–Kier alpha value is -1.38. The van der Waals surface area contributed by atoms with Crippen molar-refractivity contribution in [3.8, 4) is 0 Å². The van der Waals surface area contributed by atoms with Crippen molar-refractivity contribution in [2.24, 2.45) is 0 Å². The van der Waals surface area contributed by atoms with Crippen LogP contribution in [-0.4, -0.2) is 15.2 Å². The molecule has 0 radical (unpaired) electrons. The van der Waals surface area contributed by atoms with Crippen LogP contribution < -0.4 is 0 Å². The number of aromatic nitrogens is 3. The lowest BCUT2D eigenvalue weighted by atomic mass is 10.1. The number of nitrogens with one attached hydrogen (secondary N) is 1. The minimum absolute atomic E-state index is 0.978. The number of rotatable bonds is 6. The molecule has 1 N–H and O–H groups in total. The topological polar surface area (TPSA) is 41.6 Å². The Morgan fingerprint density at radius 3 is 2.94 bits per heavy atom. The fourth-order valence-electron chi connectivity index (χ4n) is 2.01. The maximum atomic E-state index is 4.25. The van der Waals surface area contributed by atoms with Crippen LogP contribution in [0.1, 0.15) is 44.7 Å². The number of aromatic amines is 1. The van der Waals surface area contributed by atoms with Crippen LogP contribution in [-0.2, 0) is 6.42 Å². The number of aryl methyl sites for hydroxylation is 1. The Labute approximate surface area is 96.3 Å². The van der Waals surface area contributed by atoms with E-state index in [-0.39, 0.29) is 0 Å². The van der Waals surface area contributed by atoms with Gasteiger partial charge in [0.2, 0.25) is 0 Å². The third-order valence-electron chi connectivity index (χ3n) is 2.97. The number of fused-ring (bicyclic) bond motifs is 1. The molecule has 0 aliphatic heterocycles. The Morgan fingerprint density at radius 2 is 2.06 bits per heavy atom. The van der Waals surface area contributed by atoms with Gasteiger partial charge in [0, 0.05) is 17.3 Å². The molecule has 2 heterocycles. The third-order valence-corrected chi connectivity index (χ3v) is 2.97. The highest BCUT2D eigenvalue weighted by atomic mass is 15.1. The maximum absolute atomic E-state index is 4.25. The van der Waals surface area contributed by atoms with Crippen molar-refractivity contribution in [1.82, 2.24) is 15.2 Å². The lowest BCUT2D eigenvalue weighted by molar-refractivity contribution is 0.628. The van der Waals surface area contributed by atoms with Gasteiger partial charge in [-0.3, -0.25) is 10.1 Å². The molecule has 3 heteroatoms. The first-order chi connectivity index (χ1) is 7.92. The second kappa shape index (κ2) is 5.64. The van der Waals surface area contributed by atoms with Crippen molar-refractivity contribution in [1.29, 1.82) is 0 Å². The predicted molar refractivity (Wildman–Crippen MR) is 66.4 cm³/mol. The minimum Gasteiger partial charge on any atom is -0.281 e. The molecule has 0 atom stereocenters. The van der Waals surface area contributed by atoms with Crippen LogP contribution in [0.2, 0.25) is 0 Å². The quantitative estimate of drug-likeness (QED) is 0.753. The lowest BCUT2D eigenvalue weighted by Crippen LogP contribution is -1.87. The molecular formula is C13H19N3. The first kappa shape index (κ1) is 11.1. The number of nitrogens with zero attached hydrogens (tertiary/aromatic N) is 2. The number of pyridine rings is 1. The number of H-pyrrole nitrogens is 1. The molecule has 2 aromatic heterocycles. The van der Waals surface area contributed by atoms with Gasteiger partial charge in [0.15, 0.2) is 0 Å². The standard InChI is InChI=1S/C13H19N3/c1-2-3-4-5-6-7-12-11-8-9-14-10-13(11)16-15-12/h8-10H,2-7H2,1H3,(H,15,16). The first-order valence-corrected chi connectivity index (χ1v) is 6.18. The fraction of sp³-hybridized carbons (Fsp3) is 0.538. The van der Waals surface area contributed by atoms with Gasteiger partial charge < -0.3 is 0 Å². The molecule has 0 aliphatic rings. The second-order valence-electron chi connectivity index (χ2n) is 4.26. The Balaban J connectivity index is 1.89. The third kappa shape index (κ3) is 2.60. The maximum Gasteiger partial charge on any atom is 0.111 e. The molecular weight excluding hydrogens is 198 g/mol. The van der Waals surface area contributed by atoms with Crippen LogP contribution in [0.15, 0.2) is 18.5 Å². The Bertz CT molecular complexity index is 433. The summed E-state index contributed by atoms with van der Waals surface area (Å²) in [5.41, 5.74) is 2.24. The van der Waals surface area contributed by atoms with Crippen LogP contribution in [0, 0.1) is 0 Å². The van der Waals surface area contributed by atoms with Crippen molar-refractivity contribution in [3.63, 3.8) is 0 Å². The van der Waals surface area contributed by atoms with E-state index in [0.717, 1.165) is 11.9 Å². The molecule has 16 heavy (non-hydrogen) atoms. The van der Waals surface area contributed by atoms with E-state index in [0.29, 0.717) is 0 Å². The SMILES string of the molecule is CCCCCCCc1[nH]nc2cnccc12. The van der Waals surface area contributed by atoms with Gasteiger partial charge in [-0.2, -0.15) is 5.10 Å². The normalized spacial score (nSPS) is 11.1. The molecule has 2 aromatic rings. The van der Waals surface area contributed by atoms with Crippen molar-refractivity contribution in [2.75, 3.05) is 0 Å². The summed E-state index contributed by atoms with van der Waals surface area (Å²) in [6.45, 7) is 2.25. The average molecular weight is 217 g/mol. The number of unbranched alkanes of at least 4 members (excludes halogenated alkanes) is 4. The molecule has 0 saturated heterocycles. The summed E-state index contributed by atoms with van der Waals surface area (Å²) in [5, 5.41) is 8.59. The average Bonchev–Trinajstić information content (AvgIpc) is 2.73. The molecule has 0 unspecified atom stereocenters. The van der Waals surface area contributed by atoms with Crippen LogP contribution >= 0.6 is 0 Å². The van der Waals surface area contributed by atoms with Gasteiger partial charge in [-0.25, -0.2) is 0 Å². The van der Waals surface area contributed by atoms with Crippen molar-refractivity contribution < 1.29 is 0 Å². The minimum atomic E-state index is 0.978. The summed E-state index contributed by atoms with van der Waals surface area (Å²) in [5.74, 6) is 0. The van der Waals surface area contributed by atoms with Gasteiger partial charge >= 0.3 is 0 Å². The van der Waals surface area contributed by atoms with Crippen molar-refractivity contribution >= 4 is 10.9 Å². The zero-order valence-corrected chi connectivity index (χ0v) is 9.87. The van der Waals surface area contributed by atoms with E-state index in [4.69, 9.17) is 0 Å². The van der Waals surface area contributed by atoms with E-state index in [2.05, 4.69) is 22.1 Å². The van der Waals surface area contributed by atoms with E-state index in [1.54, 1.807) is 0 Å². The highest BCUT2D eigenvalue weighted by Crippen LogP contribution is 2.16. The van der Waals surface area contributed by atoms with Crippen molar-refractivity contribution in [2.45, 2.75) is 45.4 Å². The zero-order chi connectivity index (χ0) is 11.2. The Kier molecular flexibility index (Phi) is 3.91. The zero-order valence-electron chi connectivity index (χ0n) is 9.87. The number of hydrogen-bond acceptors (Lipinski definition) is 2. The van der Waals surface area contributed by atoms with Gasteiger partial charge in [-0.05, 0) is 18.9 Å². The molecule has 0 aromatic carbocycles. The van der Waals surface area contributed by atoms with Gasteiger partial charge in [-0.1, -0.05) is 32.6 Å². The van der Waals surface area contributed by atoms with Gasteiger partial charge in [-0.15, -0.1) is 0 Å². The summed E-state index contributed by atoms with van der Waals surface area (Å²) < 4.78 is 0. The molecule has 0 amide bonds. The molecule has 0 saturated carbocycles. The van der Waals surface area contributed by atoms with E-state index in [1.165, 1.54) is 43.2 Å². The van der Waals surface area contributed by atoms with Crippen LogP contribution in [0.25, 0.3) is 10.9 Å². The van der Waals surface area contributed by atoms with E-state index < -0.39 is 0 Å². The summed E-state index contributed by atoms with van der Waals surface area (Å²) >= 11 is 0. The smallest absolute Gasteiger partial charge is 0.111 e. The van der Waals surface area contributed by atoms with E-state index in [9.17, 15) is 0 Å². The highest BCUT2D eigenvalue weighted by molar-refractivity contribution is 5.80. The van der Waals surface area contributed by atoms with E-state index in [1.807, 2.05) is 18.5 Å². The highest BCUT2D eigenvalue weighted by Gasteiger charge is 2.03. The molecule has 0 spiro atoms. The first-order valence-electron chi connectivity index (χ1n) is 6.18. The summed E-state index contributed by atoms with van der Waals surface area (Å²) in [6, 6.07) is 2.04. The summed E-state index contributed by atoms with van der Waals surface area (Å²) in [7, 11) is 0. The summed E-state index contributed by atoms with van der Waals surface area (Å²) in [6.07, 6.45) is 11.3. The predicted octanol–water partition coefficient (Wildman–Crippen LogP) is 3.47. The summed E-state index contributed by atoms with van der Waals surface area (Å²) in [4.78, 5) is 4.06. The largest absolute Gasteiger partial charge is 0.281 e. The second-order valence-corrected chi connectivity index (χ2v) is 4.26. The Morgan fingerprint density at radius 1 is 1.19 bits per heavy atom. The van der Waals surface area contributed by atoms with Crippen molar-refractivity contribution in [3.05, 3.63) is 24.2 Å². The molecule has 3 nitrogen and oxygen atoms in total. The van der Waals surface area contributed by atoms with Crippen LogP contribution in [0.3, 0.4) is 0 Å². The molecule has 2 rings (SSSR count). The number of hydrogen-bond donors (Lipinski definition) is 1. The molecule has 0 aliphatic carbocycles. The molecule has 86 valence electrons. The molecule has 0 bridgehead atoms. The van der Waals surface area contributed by atoms with Crippen LogP contribution in [0.5, 0.6) is 0 Å². The lowest BCUT2D eigenvalue weighted by Gasteiger charge is -1.99. The molecule has 0 fully saturated rings. The fourth-order valence-corrected chi connectivity index (χ4v) is 2.01. The van der Waals surface area contributed by atoms with E-state index >= 15 is 0 Å². The monoisotopic (exact) mass is 217 g/mol. The van der Waals surface area contributed by atoms with Gasteiger partial charge in [0.1, 0.15) is 5.52 Å².